The fraction of sp³-hybridized carbons (Fsp3) is 0.625. The zero-order chi connectivity index (χ0) is 22.3. The SMILES string of the molecule is CC(C)Cc1nc2oc3c(NCCN4CCOCC4)ncnc3c2c2c1COC(C)(C)C2. The number of aromatic nitrogens is 3. The lowest BCUT2D eigenvalue weighted by Gasteiger charge is -2.33. The predicted octanol–water partition coefficient (Wildman–Crippen LogP) is 3.56. The van der Waals surface area contributed by atoms with E-state index in [-0.39, 0.29) is 5.60 Å². The number of fused-ring (bicyclic) bond motifs is 5. The van der Waals surface area contributed by atoms with Gasteiger partial charge in [0, 0.05) is 38.2 Å². The van der Waals surface area contributed by atoms with Crippen molar-refractivity contribution in [3.63, 3.8) is 0 Å². The minimum atomic E-state index is -0.230. The first-order valence-electron chi connectivity index (χ1n) is 11.7. The van der Waals surface area contributed by atoms with E-state index in [0.717, 1.165) is 74.6 Å². The van der Waals surface area contributed by atoms with E-state index in [9.17, 15) is 0 Å². The van der Waals surface area contributed by atoms with Crippen molar-refractivity contribution >= 4 is 28.0 Å². The van der Waals surface area contributed by atoms with Gasteiger partial charge < -0.3 is 19.2 Å². The van der Waals surface area contributed by atoms with Crippen molar-refractivity contribution in [3.8, 4) is 0 Å². The van der Waals surface area contributed by atoms with Crippen LogP contribution in [0.1, 0.15) is 44.5 Å². The molecule has 3 aromatic rings. The summed E-state index contributed by atoms with van der Waals surface area (Å²) in [5.74, 6) is 1.23. The van der Waals surface area contributed by atoms with Crippen LogP contribution >= 0.6 is 0 Å². The number of hydrogen-bond donors (Lipinski definition) is 1. The summed E-state index contributed by atoms with van der Waals surface area (Å²) in [6.07, 6.45) is 3.33. The van der Waals surface area contributed by atoms with Gasteiger partial charge in [0.25, 0.3) is 0 Å². The highest BCUT2D eigenvalue weighted by Gasteiger charge is 2.32. The van der Waals surface area contributed by atoms with E-state index < -0.39 is 0 Å². The second kappa shape index (κ2) is 8.57. The van der Waals surface area contributed by atoms with E-state index in [0.29, 0.717) is 23.8 Å². The molecule has 0 bridgehead atoms. The van der Waals surface area contributed by atoms with Crippen LogP contribution in [0.3, 0.4) is 0 Å². The van der Waals surface area contributed by atoms with Crippen LogP contribution in [0.15, 0.2) is 10.7 Å². The third-order valence-corrected chi connectivity index (χ3v) is 6.34. The molecule has 5 rings (SSSR count). The summed E-state index contributed by atoms with van der Waals surface area (Å²) < 4.78 is 17.9. The highest BCUT2D eigenvalue weighted by molar-refractivity contribution is 6.06. The van der Waals surface area contributed by atoms with E-state index in [1.54, 1.807) is 6.33 Å². The molecule has 0 radical (unpaired) electrons. The van der Waals surface area contributed by atoms with Crippen LogP contribution in [-0.2, 0) is 28.9 Å². The first-order chi connectivity index (χ1) is 15.4. The Hall–Kier alpha value is -2.29. The van der Waals surface area contributed by atoms with Gasteiger partial charge in [-0.05, 0) is 31.7 Å². The Morgan fingerprint density at radius 2 is 1.97 bits per heavy atom. The Morgan fingerprint density at radius 3 is 2.75 bits per heavy atom. The monoisotopic (exact) mass is 439 g/mol. The molecule has 0 aromatic carbocycles. The maximum Gasteiger partial charge on any atom is 0.229 e. The van der Waals surface area contributed by atoms with Gasteiger partial charge in [0.2, 0.25) is 5.71 Å². The maximum atomic E-state index is 6.31. The first kappa shape index (κ1) is 21.6. The van der Waals surface area contributed by atoms with Gasteiger partial charge in [-0.15, -0.1) is 0 Å². The summed E-state index contributed by atoms with van der Waals surface area (Å²) in [5.41, 5.74) is 5.49. The van der Waals surface area contributed by atoms with Crippen molar-refractivity contribution in [3.05, 3.63) is 23.1 Å². The lowest BCUT2D eigenvalue weighted by atomic mass is 9.88. The smallest absolute Gasteiger partial charge is 0.229 e. The quantitative estimate of drug-likeness (QED) is 0.624. The summed E-state index contributed by atoms with van der Waals surface area (Å²) in [7, 11) is 0. The summed E-state index contributed by atoms with van der Waals surface area (Å²) in [5, 5.41) is 4.47. The van der Waals surface area contributed by atoms with Gasteiger partial charge in [0.15, 0.2) is 11.4 Å². The number of morpholine rings is 1. The molecule has 32 heavy (non-hydrogen) atoms. The van der Waals surface area contributed by atoms with Crippen molar-refractivity contribution in [2.75, 3.05) is 44.7 Å². The van der Waals surface area contributed by atoms with Gasteiger partial charge in [-0.1, -0.05) is 13.8 Å². The minimum Gasteiger partial charge on any atom is -0.432 e. The van der Waals surface area contributed by atoms with Gasteiger partial charge in [0.1, 0.15) is 11.8 Å². The highest BCUT2D eigenvalue weighted by atomic mass is 16.5. The number of nitrogens with one attached hydrogen (secondary N) is 1. The molecule has 3 aromatic heterocycles. The zero-order valence-electron chi connectivity index (χ0n) is 19.5. The molecule has 5 heterocycles. The summed E-state index contributed by atoms with van der Waals surface area (Å²) >= 11 is 0. The molecule has 0 atom stereocenters. The molecule has 1 fully saturated rings. The maximum absolute atomic E-state index is 6.31. The number of nitrogens with zero attached hydrogens (tertiary/aromatic N) is 4. The molecular weight excluding hydrogens is 406 g/mol. The van der Waals surface area contributed by atoms with Crippen molar-refractivity contribution in [1.82, 2.24) is 19.9 Å². The average molecular weight is 440 g/mol. The van der Waals surface area contributed by atoms with Crippen LogP contribution in [0.4, 0.5) is 5.82 Å². The third kappa shape index (κ3) is 4.19. The molecule has 0 unspecified atom stereocenters. The van der Waals surface area contributed by atoms with Gasteiger partial charge in [0.05, 0.1) is 36.5 Å². The Morgan fingerprint density at radius 1 is 1.16 bits per heavy atom. The number of anilines is 1. The van der Waals surface area contributed by atoms with Crippen LogP contribution in [-0.4, -0.2) is 64.8 Å². The summed E-state index contributed by atoms with van der Waals surface area (Å²) in [6.45, 7) is 14.6. The standard InChI is InChI=1S/C24H33N5O3/c1-15(2)11-18-17-13-31-24(3,4)12-16(17)19-20-21(32-23(19)28-18)22(27-14-26-20)25-5-6-29-7-9-30-10-8-29/h14-15H,5-13H2,1-4H3,(H,25,26,27). The van der Waals surface area contributed by atoms with Crippen LogP contribution < -0.4 is 5.32 Å². The zero-order valence-corrected chi connectivity index (χ0v) is 19.5. The van der Waals surface area contributed by atoms with Crippen molar-refractivity contribution in [1.29, 1.82) is 0 Å². The Kier molecular flexibility index (Phi) is 5.77. The van der Waals surface area contributed by atoms with Crippen LogP contribution in [0.2, 0.25) is 0 Å². The predicted molar refractivity (Wildman–Crippen MR) is 124 cm³/mol. The van der Waals surface area contributed by atoms with Gasteiger partial charge >= 0.3 is 0 Å². The van der Waals surface area contributed by atoms with E-state index in [1.165, 1.54) is 11.1 Å². The van der Waals surface area contributed by atoms with Crippen molar-refractivity contribution in [2.24, 2.45) is 5.92 Å². The molecule has 172 valence electrons. The van der Waals surface area contributed by atoms with E-state index in [1.807, 2.05) is 0 Å². The minimum absolute atomic E-state index is 0.230. The number of rotatable bonds is 6. The normalized spacial score (nSPS) is 19.0. The second-order valence-electron chi connectivity index (χ2n) is 9.90. The lowest BCUT2D eigenvalue weighted by molar-refractivity contribution is -0.0402. The topological polar surface area (TPSA) is 85.5 Å². The van der Waals surface area contributed by atoms with Crippen molar-refractivity contribution in [2.45, 2.75) is 52.7 Å². The summed E-state index contributed by atoms with van der Waals surface area (Å²) in [4.78, 5) is 16.4. The van der Waals surface area contributed by atoms with E-state index in [4.69, 9.17) is 18.9 Å². The summed E-state index contributed by atoms with van der Waals surface area (Å²) in [6, 6.07) is 0. The molecule has 0 saturated carbocycles. The molecular formula is C24H33N5O3. The van der Waals surface area contributed by atoms with Crippen LogP contribution in [0.25, 0.3) is 22.2 Å². The largest absolute Gasteiger partial charge is 0.432 e. The molecule has 0 aliphatic carbocycles. The molecule has 1 N–H and O–H groups in total. The molecule has 2 aliphatic heterocycles. The van der Waals surface area contributed by atoms with E-state index >= 15 is 0 Å². The molecule has 8 nitrogen and oxygen atoms in total. The van der Waals surface area contributed by atoms with Crippen molar-refractivity contribution < 1.29 is 13.9 Å². The molecule has 2 aliphatic rings. The number of hydrogen-bond acceptors (Lipinski definition) is 8. The van der Waals surface area contributed by atoms with Crippen LogP contribution in [0.5, 0.6) is 0 Å². The fourth-order valence-corrected chi connectivity index (χ4v) is 4.71. The Balaban J connectivity index is 1.53. The second-order valence-corrected chi connectivity index (χ2v) is 9.90. The highest BCUT2D eigenvalue weighted by Crippen LogP contribution is 2.39. The number of pyridine rings is 1. The Labute approximate surface area is 188 Å². The van der Waals surface area contributed by atoms with Gasteiger partial charge in [-0.2, -0.15) is 0 Å². The first-order valence-corrected chi connectivity index (χ1v) is 11.7. The fourth-order valence-electron chi connectivity index (χ4n) is 4.71. The molecule has 8 heteroatoms. The lowest BCUT2D eigenvalue weighted by Crippen LogP contribution is -2.39. The Bertz CT molecular complexity index is 1120. The number of ether oxygens (including phenoxy) is 2. The van der Waals surface area contributed by atoms with Crippen LogP contribution in [0, 0.1) is 5.92 Å². The molecule has 0 amide bonds. The van der Waals surface area contributed by atoms with E-state index in [2.05, 4.69) is 47.9 Å². The molecule has 0 spiro atoms. The number of furan rings is 1. The van der Waals surface area contributed by atoms with Gasteiger partial charge in [-0.25, -0.2) is 15.0 Å². The van der Waals surface area contributed by atoms with Gasteiger partial charge in [-0.3, -0.25) is 4.90 Å². The molecule has 1 saturated heterocycles. The average Bonchev–Trinajstić information content (AvgIpc) is 3.13. The third-order valence-electron chi connectivity index (χ3n) is 6.34.